The van der Waals surface area contributed by atoms with Crippen LogP contribution < -0.4 is 14.8 Å². The first-order valence-corrected chi connectivity index (χ1v) is 9.06. The second-order valence-electron chi connectivity index (χ2n) is 6.10. The Hall–Kier alpha value is -2.18. The molecule has 0 heterocycles. The van der Waals surface area contributed by atoms with Crippen LogP contribution in [0.3, 0.4) is 0 Å². The predicted octanol–water partition coefficient (Wildman–Crippen LogP) is 3.12. The lowest BCUT2D eigenvalue weighted by Crippen LogP contribution is -2.44. The number of hydrogen-bond acceptors (Lipinski definition) is 4. The average molecular weight is 414 g/mol. The second-order valence-corrected chi connectivity index (χ2v) is 7.01. The molecule has 0 fully saturated rings. The summed E-state index contributed by atoms with van der Waals surface area (Å²) in [5.41, 5.74) is 0.894. The van der Waals surface area contributed by atoms with Crippen molar-refractivity contribution in [3.05, 3.63) is 46.5 Å². The summed E-state index contributed by atoms with van der Waals surface area (Å²) < 4.78 is 10.4. The highest BCUT2D eigenvalue weighted by atomic mass is 35.5. The Morgan fingerprint density at radius 3 is 2.59 bits per heavy atom. The zero-order chi connectivity index (χ0) is 20.1. The third-order valence-electron chi connectivity index (χ3n) is 4.38. The molecule has 27 heavy (non-hydrogen) atoms. The number of carboxylic acid groups (broad SMARTS) is 1. The van der Waals surface area contributed by atoms with Crippen LogP contribution in [0, 0.1) is 5.92 Å². The molecule has 2 N–H and O–H groups in total. The fraction of sp³-hybridized carbons (Fsp3) is 0.368. The Morgan fingerprint density at radius 1 is 1.30 bits per heavy atom. The van der Waals surface area contributed by atoms with Gasteiger partial charge in [-0.25, -0.2) is 4.79 Å². The number of allylic oxidation sites excluding steroid dienone is 3. The molecule has 1 aliphatic rings. The first-order valence-electron chi connectivity index (χ1n) is 8.25. The van der Waals surface area contributed by atoms with Crippen LogP contribution in [0.5, 0.6) is 11.5 Å². The fourth-order valence-corrected chi connectivity index (χ4v) is 3.33. The third kappa shape index (κ3) is 4.96. The van der Waals surface area contributed by atoms with Crippen molar-refractivity contribution in [1.82, 2.24) is 5.32 Å². The van der Waals surface area contributed by atoms with Gasteiger partial charge in [-0.05, 0) is 17.7 Å². The molecule has 0 bridgehead atoms. The molecule has 1 aromatic carbocycles. The smallest absolute Gasteiger partial charge is 0.326 e. The first-order chi connectivity index (χ1) is 12.8. The quantitative estimate of drug-likeness (QED) is 0.670. The summed E-state index contributed by atoms with van der Waals surface area (Å²) in [5.74, 6) is -1.00. The van der Waals surface area contributed by atoms with Gasteiger partial charge in [0.15, 0.2) is 0 Å². The summed E-state index contributed by atoms with van der Waals surface area (Å²) in [5, 5.41) is 12.0. The normalized spacial score (nSPS) is 20.2. The minimum Gasteiger partial charge on any atom is -0.497 e. The minimum atomic E-state index is -1.17. The van der Waals surface area contributed by atoms with Gasteiger partial charge in [0.2, 0.25) is 5.91 Å². The van der Waals surface area contributed by atoms with Crippen LogP contribution >= 0.6 is 23.2 Å². The maximum atomic E-state index is 12.7. The monoisotopic (exact) mass is 413 g/mol. The summed E-state index contributed by atoms with van der Waals surface area (Å²) in [6, 6.07) is 3.89. The van der Waals surface area contributed by atoms with Crippen LogP contribution in [-0.2, 0) is 16.0 Å². The van der Waals surface area contributed by atoms with E-state index in [9.17, 15) is 14.7 Å². The number of benzene rings is 1. The second kappa shape index (κ2) is 9.15. The van der Waals surface area contributed by atoms with Crippen molar-refractivity contribution in [2.75, 3.05) is 14.2 Å². The Balaban J connectivity index is 2.23. The van der Waals surface area contributed by atoms with E-state index >= 15 is 0 Å². The van der Waals surface area contributed by atoms with Crippen molar-refractivity contribution >= 4 is 35.1 Å². The summed E-state index contributed by atoms with van der Waals surface area (Å²) in [7, 11) is 3.00. The molecule has 6 nitrogen and oxygen atoms in total. The molecule has 1 aromatic rings. The third-order valence-corrected chi connectivity index (χ3v) is 5.24. The average Bonchev–Trinajstić information content (AvgIpc) is 2.64. The number of carbonyl (C=O) groups is 2. The van der Waals surface area contributed by atoms with Crippen LogP contribution in [0.15, 0.2) is 41.0 Å². The highest BCUT2D eigenvalue weighted by molar-refractivity contribution is 6.34. The maximum absolute atomic E-state index is 12.7. The van der Waals surface area contributed by atoms with Gasteiger partial charge in [-0.15, -0.1) is 11.6 Å². The van der Waals surface area contributed by atoms with Crippen molar-refractivity contribution in [2.45, 2.75) is 24.8 Å². The number of nitrogens with one attached hydrogen (secondary N) is 1. The maximum Gasteiger partial charge on any atom is 0.326 e. The lowest BCUT2D eigenvalue weighted by Gasteiger charge is -2.24. The van der Waals surface area contributed by atoms with E-state index in [1.165, 1.54) is 14.2 Å². The van der Waals surface area contributed by atoms with Crippen LogP contribution in [-0.4, -0.2) is 42.6 Å². The molecule has 0 aromatic heterocycles. The van der Waals surface area contributed by atoms with Gasteiger partial charge in [0.05, 0.1) is 19.6 Å². The standard InChI is InChI=1S/C19H21Cl2NO5/c1-10-13(20)6-7-14(21)17(10)18(23)22-15(19(24)25)8-11-4-5-12(26-2)9-16(11)27-3/h4-7,9-10,13,15H,8H2,1-3H3,(H,22,23)(H,24,25)/t10?,13?,15-/m0/s1. The summed E-state index contributed by atoms with van der Waals surface area (Å²) in [6.07, 6.45) is 3.28. The molecular weight excluding hydrogens is 393 g/mol. The Labute approximate surface area is 167 Å². The summed E-state index contributed by atoms with van der Waals surface area (Å²) in [4.78, 5) is 24.4. The number of alkyl halides is 1. The Kier molecular flexibility index (Phi) is 7.16. The van der Waals surface area contributed by atoms with Crippen molar-refractivity contribution < 1.29 is 24.2 Å². The lowest BCUT2D eigenvalue weighted by molar-refractivity contribution is -0.141. The SMILES string of the molecule is COc1ccc(C[C@H](NC(=O)C2=C(Cl)C=CC(Cl)C2C)C(=O)O)c(OC)c1. The summed E-state index contributed by atoms with van der Waals surface area (Å²) >= 11 is 12.3. The van der Waals surface area contributed by atoms with Gasteiger partial charge in [0.25, 0.3) is 0 Å². The Bertz CT molecular complexity index is 790. The predicted molar refractivity (Wildman–Crippen MR) is 104 cm³/mol. The zero-order valence-corrected chi connectivity index (χ0v) is 16.7. The zero-order valence-electron chi connectivity index (χ0n) is 15.2. The largest absolute Gasteiger partial charge is 0.497 e. The number of amides is 1. The van der Waals surface area contributed by atoms with Crippen LogP contribution in [0.4, 0.5) is 0 Å². The topological polar surface area (TPSA) is 84.9 Å². The molecule has 8 heteroatoms. The van der Waals surface area contributed by atoms with E-state index in [4.69, 9.17) is 32.7 Å². The van der Waals surface area contributed by atoms with Gasteiger partial charge in [0, 0.05) is 29.0 Å². The van der Waals surface area contributed by atoms with Crippen molar-refractivity contribution in [3.63, 3.8) is 0 Å². The van der Waals surface area contributed by atoms with Crippen LogP contribution in [0.2, 0.25) is 0 Å². The minimum absolute atomic E-state index is 0.0354. The molecule has 3 atom stereocenters. The number of ether oxygens (including phenoxy) is 2. The van der Waals surface area contributed by atoms with E-state index in [2.05, 4.69) is 5.32 Å². The number of aliphatic carboxylic acids is 1. The molecule has 2 unspecified atom stereocenters. The van der Waals surface area contributed by atoms with E-state index < -0.39 is 23.3 Å². The number of halogens is 2. The van der Waals surface area contributed by atoms with Gasteiger partial charge >= 0.3 is 5.97 Å². The van der Waals surface area contributed by atoms with Gasteiger partial charge < -0.3 is 19.9 Å². The molecule has 0 radical (unpaired) electrons. The molecule has 0 saturated heterocycles. The van der Waals surface area contributed by atoms with Crippen LogP contribution in [0.25, 0.3) is 0 Å². The molecule has 146 valence electrons. The molecule has 0 spiro atoms. The molecule has 1 amide bonds. The van der Waals surface area contributed by atoms with Crippen molar-refractivity contribution in [3.8, 4) is 11.5 Å². The first kappa shape index (κ1) is 21.1. The van der Waals surface area contributed by atoms with E-state index in [-0.39, 0.29) is 22.9 Å². The van der Waals surface area contributed by atoms with E-state index in [0.29, 0.717) is 17.1 Å². The Morgan fingerprint density at radius 2 is 2.00 bits per heavy atom. The highest BCUT2D eigenvalue weighted by Gasteiger charge is 2.31. The fourth-order valence-electron chi connectivity index (χ4n) is 2.80. The summed E-state index contributed by atoms with van der Waals surface area (Å²) in [6.45, 7) is 1.76. The number of hydrogen-bond donors (Lipinski definition) is 2. The molecule has 0 aliphatic heterocycles. The number of rotatable bonds is 7. The number of carboxylic acids is 1. The van der Waals surface area contributed by atoms with Crippen molar-refractivity contribution in [1.29, 1.82) is 0 Å². The van der Waals surface area contributed by atoms with E-state index in [1.807, 2.05) is 0 Å². The van der Waals surface area contributed by atoms with Crippen molar-refractivity contribution in [2.24, 2.45) is 5.92 Å². The molecular formula is C19H21Cl2NO5. The number of methoxy groups -OCH3 is 2. The molecule has 0 saturated carbocycles. The van der Waals surface area contributed by atoms with Gasteiger partial charge in [-0.1, -0.05) is 30.7 Å². The van der Waals surface area contributed by atoms with Gasteiger partial charge in [-0.3, -0.25) is 4.79 Å². The molecule has 1 aliphatic carbocycles. The number of carbonyl (C=O) groups excluding carboxylic acids is 1. The van der Waals surface area contributed by atoms with Crippen LogP contribution in [0.1, 0.15) is 12.5 Å². The van der Waals surface area contributed by atoms with Gasteiger partial charge in [-0.2, -0.15) is 0 Å². The lowest BCUT2D eigenvalue weighted by atomic mass is 9.91. The molecule has 2 rings (SSSR count). The highest BCUT2D eigenvalue weighted by Crippen LogP contribution is 2.31. The van der Waals surface area contributed by atoms with E-state index in [1.54, 1.807) is 37.3 Å². The van der Waals surface area contributed by atoms with Gasteiger partial charge in [0.1, 0.15) is 17.5 Å². The van der Waals surface area contributed by atoms with E-state index in [0.717, 1.165) is 0 Å².